The summed E-state index contributed by atoms with van der Waals surface area (Å²) in [7, 11) is 1.44. The number of likely N-dealkylation sites (tertiary alicyclic amines) is 1. The van der Waals surface area contributed by atoms with Crippen LogP contribution in [0.25, 0.3) is 0 Å². The molecule has 3 rings (SSSR count). The number of halogens is 1. The van der Waals surface area contributed by atoms with E-state index in [0.717, 1.165) is 43.9 Å². The van der Waals surface area contributed by atoms with Gasteiger partial charge >= 0.3 is 5.97 Å². The number of carbonyl (C=O) groups is 1. The number of benzene rings is 2. The molecule has 1 fully saturated rings. The summed E-state index contributed by atoms with van der Waals surface area (Å²) in [6.07, 6.45) is 3.13. The van der Waals surface area contributed by atoms with Crippen LogP contribution in [0.15, 0.2) is 54.6 Å². The number of nitrogens with zero attached hydrogens (tertiary/aromatic N) is 1. The van der Waals surface area contributed by atoms with Gasteiger partial charge < -0.3 is 14.4 Å². The topological polar surface area (TPSA) is 38.8 Å². The molecule has 1 heterocycles. The van der Waals surface area contributed by atoms with Gasteiger partial charge in [-0.05, 0) is 49.1 Å². The van der Waals surface area contributed by atoms with Gasteiger partial charge in [0.1, 0.15) is 0 Å². The molecule has 1 aliphatic heterocycles. The molecule has 0 aliphatic carbocycles. The monoisotopic (exact) mass is 401 g/mol. The van der Waals surface area contributed by atoms with Crippen LogP contribution in [-0.2, 0) is 26.5 Å². The van der Waals surface area contributed by atoms with Gasteiger partial charge in [0.15, 0.2) is 0 Å². The molecule has 0 saturated carbocycles. The SMILES string of the molecule is COC(=O)CCCN1CCC(OCc2ccccc2)(c2ccc(Cl)cc2)CC1. The van der Waals surface area contributed by atoms with E-state index in [1.807, 2.05) is 30.3 Å². The van der Waals surface area contributed by atoms with E-state index in [1.165, 1.54) is 18.2 Å². The van der Waals surface area contributed by atoms with Gasteiger partial charge in [-0.2, -0.15) is 0 Å². The minimum Gasteiger partial charge on any atom is -0.469 e. The molecule has 150 valence electrons. The van der Waals surface area contributed by atoms with E-state index < -0.39 is 0 Å². The molecular weight excluding hydrogens is 374 g/mol. The molecule has 0 atom stereocenters. The maximum Gasteiger partial charge on any atom is 0.305 e. The van der Waals surface area contributed by atoms with Crippen LogP contribution in [0.1, 0.15) is 36.8 Å². The Morgan fingerprint density at radius 2 is 1.75 bits per heavy atom. The average molecular weight is 402 g/mol. The summed E-state index contributed by atoms with van der Waals surface area (Å²) in [4.78, 5) is 13.7. The lowest BCUT2D eigenvalue weighted by molar-refractivity contribution is -0.140. The number of methoxy groups -OCH3 is 1. The van der Waals surface area contributed by atoms with Gasteiger partial charge in [-0.15, -0.1) is 0 Å². The van der Waals surface area contributed by atoms with Gasteiger partial charge in [-0.25, -0.2) is 0 Å². The standard InChI is InChI=1S/C23H28ClNO3/c1-27-22(26)8-5-15-25-16-13-23(14-17-25,20-9-11-21(24)12-10-20)28-18-19-6-3-2-4-7-19/h2-4,6-7,9-12H,5,8,13-18H2,1H3. The highest BCUT2D eigenvalue weighted by molar-refractivity contribution is 6.30. The van der Waals surface area contributed by atoms with E-state index >= 15 is 0 Å². The molecule has 0 bridgehead atoms. The third-order valence-corrected chi connectivity index (χ3v) is 5.73. The van der Waals surface area contributed by atoms with Crippen LogP contribution in [0.2, 0.25) is 5.02 Å². The molecule has 1 saturated heterocycles. The quantitative estimate of drug-likeness (QED) is 0.595. The summed E-state index contributed by atoms with van der Waals surface area (Å²) in [6.45, 7) is 3.38. The molecule has 5 heteroatoms. The van der Waals surface area contributed by atoms with Gasteiger partial charge in [0.05, 0.1) is 19.3 Å². The van der Waals surface area contributed by atoms with Crippen molar-refractivity contribution in [3.05, 3.63) is 70.7 Å². The maximum absolute atomic E-state index is 11.3. The molecule has 2 aromatic rings. The first-order valence-electron chi connectivity index (χ1n) is 9.84. The highest BCUT2D eigenvalue weighted by Gasteiger charge is 2.37. The fourth-order valence-electron chi connectivity index (χ4n) is 3.75. The summed E-state index contributed by atoms with van der Waals surface area (Å²) >= 11 is 6.10. The van der Waals surface area contributed by atoms with Crippen molar-refractivity contribution < 1.29 is 14.3 Å². The number of esters is 1. The van der Waals surface area contributed by atoms with Crippen LogP contribution >= 0.6 is 11.6 Å². The second-order valence-electron chi connectivity index (χ2n) is 7.30. The number of piperidine rings is 1. The lowest BCUT2D eigenvalue weighted by Gasteiger charge is -2.42. The average Bonchev–Trinajstić information content (AvgIpc) is 2.74. The second kappa shape index (κ2) is 10.1. The van der Waals surface area contributed by atoms with E-state index in [1.54, 1.807) is 0 Å². The minimum absolute atomic E-state index is 0.140. The third-order valence-electron chi connectivity index (χ3n) is 5.47. The summed E-state index contributed by atoms with van der Waals surface area (Å²) in [5, 5.41) is 0.738. The van der Waals surface area contributed by atoms with Crippen molar-refractivity contribution >= 4 is 17.6 Å². The lowest BCUT2D eigenvalue weighted by Crippen LogP contribution is -2.44. The highest BCUT2D eigenvalue weighted by Crippen LogP contribution is 2.38. The van der Waals surface area contributed by atoms with Crippen molar-refractivity contribution in [3.63, 3.8) is 0 Å². The smallest absolute Gasteiger partial charge is 0.305 e. The molecule has 0 radical (unpaired) electrons. The summed E-state index contributed by atoms with van der Waals surface area (Å²) in [5.41, 5.74) is 2.05. The van der Waals surface area contributed by atoms with Gasteiger partial charge in [-0.1, -0.05) is 54.1 Å². The van der Waals surface area contributed by atoms with Gasteiger partial charge in [0.25, 0.3) is 0 Å². The molecule has 0 aromatic heterocycles. The minimum atomic E-state index is -0.306. The van der Waals surface area contributed by atoms with Crippen molar-refractivity contribution in [3.8, 4) is 0 Å². The van der Waals surface area contributed by atoms with E-state index in [2.05, 4.69) is 29.2 Å². The highest BCUT2D eigenvalue weighted by atomic mass is 35.5. The number of rotatable bonds is 8. The first-order valence-corrected chi connectivity index (χ1v) is 10.2. The van der Waals surface area contributed by atoms with Crippen molar-refractivity contribution in [2.45, 2.75) is 37.9 Å². The molecule has 4 nitrogen and oxygen atoms in total. The maximum atomic E-state index is 11.3. The molecule has 1 aliphatic rings. The van der Waals surface area contributed by atoms with Crippen molar-refractivity contribution in [2.75, 3.05) is 26.7 Å². The van der Waals surface area contributed by atoms with Crippen LogP contribution in [0, 0.1) is 0 Å². The molecule has 28 heavy (non-hydrogen) atoms. The lowest BCUT2D eigenvalue weighted by atomic mass is 9.84. The molecule has 0 unspecified atom stereocenters. The Bertz CT molecular complexity index is 740. The molecule has 0 amide bonds. The van der Waals surface area contributed by atoms with E-state index in [-0.39, 0.29) is 11.6 Å². The van der Waals surface area contributed by atoms with Crippen LogP contribution in [-0.4, -0.2) is 37.6 Å². The predicted molar refractivity (Wildman–Crippen MR) is 111 cm³/mol. The van der Waals surface area contributed by atoms with Gasteiger partial charge in [0.2, 0.25) is 0 Å². The summed E-state index contributed by atoms with van der Waals surface area (Å²) < 4.78 is 11.3. The molecule has 0 N–H and O–H groups in total. The Hall–Kier alpha value is -1.88. The Labute approximate surface area is 172 Å². The first-order chi connectivity index (χ1) is 13.6. The zero-order valence-electron chi connectivity index (χ0n) is 16.4. The number of ether oxygens (including phenoxy) is 2. The predicted octanol–water partition coefficient (Wildman–Crippen LogP) is 4.80. The van der Waals surface area contributed by atoms with Gasteiger partial charge in [0, 0.05) is 24.5 Å². The number of hydrogen-bond donors (Lipinski definition) is 0. The Morgan fingerprint density at radius 3 is 2.39 bits per heavy atom. The van der Waals surface area contributed by atoms with E-state index in [4.69, 9.17) is 21.1 Å². The molecular formula is C23H28ClNO3. The zero-order chi connectivity index (χ0) is 19.8. The molecule has 0 spiro atoms. The van der Waals surface area contributed by atoms with Crippen molar-refractivity contribution in [1.82, 2.24) is 4.90 Å². The number of hydrogen-bond acceptors (Lipinski definition) is 4. The van der Waals surface area contributed by atoms with Gasteiger partial charge in [-0.3, -0.25) is 4.79 Å². The van der Waals surface area contributed by atoms with Crippen LogP contribution in [0.5, 0.6) is 0 Å². The normalized spacial score (nSPS) is 16.6. The second-order valence-corrected chi connectivity index (χ2v) is 7.73. The van der Waals surface area contributed by atoms with Crippen molar-refractivity contribution in [2.24, 2.45) is 0 Å². The van der Waals surface area contributed by atoms with Crippen LogP contribution in [0.3, 0.4) is 0 Å². The third kappa shape index (κ3) is 5.57. The Morgan fingerprint density at radius 1 is 1.07 bits per heavy atom. The van der Waals surface area contributed by atoms with Crippen LogP contribution < -0.4 is 0 Å². The summed E-state index contributed by atoms with van der Waals surface area (Å²) in [5.74, 6) is -0.140. The van der Waals surface area contributed by atoms with E-state index in [0.29, 0.717) is 13.0 Å². The molecule has 2 aromatic carbocycles. The van der Waals surface area contributed by atoms with Crippen LogP contribution in [0.4, 0.5) is 0 Å². The fraction of sp³-hybridized carbons (Fsp3) is 0.435. The van der Waals surface area contributed by atoms with E-state index in [9.17, 15) is 4.79 Å². The fourth-order valence-corrected chi connectivity index (χ4v) is 3.88. The number of carbonyl (C=O) groups excluding carboxylic acids is 1. The Kier molecular flexibility index (Phi) is 7.49. The van der Waals surface area contributed by atoms with Crippen molar-refractivity contribution in [1.29, 1.82) is 0 Å². The first kappa shape index (κ1) is 20.8. The Balaban J connectivity index is 1.65. The summed E-state index contributed by atoms with van der Waals surface area (Å²) in [6, 6.07) is 18.3. The zero-order valence-corrected chi connectivity index (χ0v) is 17.2. The largest absolute Gasteiger partial charge is 0.469 e.